The summed E-state index contributed by atoms with van der Waals surface area (Å²) in [4.78, 5) is 8.81. The topological polar surface area (TPSA) is 73.1 Å². The average molecular weight is 224 g/mol. The summed E-state index contributed by atoms with van der Waals surface area (Å²) in [5, 5.41) is 0. The molecular weight excluding hydrogens is 204 g/mol. The van der Waals surface area contributed by atoms with Gasteiger partial charge in [-0.05, 0) is 19.8 Å². The average Bonchev–Trinajstić information content (AvgIpc) is 2.26. The summed E-state index contributed by atoms with van der Waals surface area (Å²) < 4.78 is 5.20. The smallest absolute Gasteiger partial charge is 0.159 e. The third kappa shape index (κ3) is 2.48. The van der Waals surface area contributed by atoms with Crippen molar-refractivity contribution in [3.63, 3.8) is 0 Å². The SMILES string of the molecule is COC(C)c1nc(C)c(C(C)C)c(NN)n1. The van der Waals surface area contributed by atoms with Gasteiger partial charge >= 0.3 is 0 Å². The maximum absolute atomic E-state index is 5.49. The number of nitrogens with zero attached hydrogens (tertiary/aromatic N) is 2. The molecule has 0 aliphatic heterocycles. The first-order valence-electron chi connectivity index (χ1n) is 5.39. The molecule has 0 fully saturated rings. The fraction of sp³-hybridized carbons (Fsp3) is 0.636. The lowest BCUT2D eigenvalue weighted by Crippen LogP contribution is -2.16. The van der Waals surface area contributed by atoms with Gasteiger partial charge in [-0.3, -0.25) is 0 Å². The van der Waals surface area contributed by atoms with Crippen LogP contribution in [0, 0.1) is 6.92 Å². The number of methoxy groups -OCH3 is 1. The van der Waals surface area contributed by atoms with Crippen molar-refractivity contribution in [3.8, 4) is 0 Å². The lowest BCUT2D eigenvalue weighted by Gasteiger charge is -2.17. The number of hydrogen-bond acceptors (Lipinski definition) is 5. The Kier molecular flexibility index (Phi) is 4.20. The minimum absolute atomic E-state index is 0.132. The molecule has 1 aromatic heterocycles. The maximum atomic E-state index is 5.49. The van der Waals surface area contributed by atoms with E-state index in [1.54, 1.807) is 7.11 Å². The molecule has 0 saturated heterocycles. The second kappa shape index (κ2) is 5.23. The Hall–Kier alpha value is -1.20. The predicted molar refractivity (Wildman–Crippen MR) is 64.1 cm³/mol. The highest BCUT2D eigenvalue weighted by Crippen LogP contribution is 2.26. The van der Waals surface area contributed by atoms with E-state index in [1.165, 1.54) is 0 Å². The molecule has 0 radical (unpaired) electrons. The molecule has 0 aliphatic rings. The first-order valence-corrected chi connectivity index (χ1v) is 5.39. The molecule has 5 nitrogen and oxygen atoms in total. The third-order valence-corrected chi connectivity index (χ3v) is 2.58. The van der Waals surface area contributed by atoms with Gasteiger partial charge in [-0.25, -0.2) is 15.8 Å². The van der Waals surface area contributed by atoms with Crippen LogP contribution in [0.1, 0.15) is 49.9 Å². The molecule has 1 unspecified atom stereocenters. The zero-order chi connectivity index (χ0) is 12.3. The molecule has 16 heavy (non-hydrogen) atoms. The monoisotopic (exact) mass is 224 g/mol. The zero-order valence-electron chi connectivity index (χ0n) is 10.5. The number of nitrogen functional groups attached to an aromatic ring is 1. The van der Waals surface area contributed by atoms with Gasteiger partial charge in [-0.2, -0.15) is 0 Å². The van der Waals surface area contributed by atoms with Crippen molar-refractivity contribution < 1.29 is 4.74 Å². The molecular formula is C11H20N4O. The number of rotatable bonds is 4. The van der Waals surface area contributed by atoms with Crippen molar-refractivity contribution in [3.05, 3.63) is 17.1 Å². The Morgan fingerprint density at radius 3 is 2.31 bits per heavy atom. The van der Waals surface area contributed by atoms with Gasteiger partial charge in [0.25, 0.3) is 0 Å². The van der Waals surface area contributed by atoms with Crippen molar-refractivity contribution in [2.75, 3.05) is 12.5 Å². The number of nitrogens with two attached hydrogens (primary N) is 1. The van der Waals surface area contributed by atoms with E-state index in [0.29, 0.717) is 17.6 Å². The van der Waals surface area contributed by atoms with Gasteiger partial charge in [0.1, 0.15) is 11.9 Å². The van der Waals surface area contributed by atoms with Crippen LogP contribution in [-0.2, 0) is 4.74 Å². The van der Waals surface area contributed by atoms with Gasteiger partial charge in [0, 0.05) is 18.4 Å². The second-order valence-corrected chi connectivity index (χ2v) is 4.11. The van der Waals surface area contributed by atoms with E-state index in [9.17, 15) is 0 Å². The molecule has 0 aliphatic carbocycles. The van der Waals surface area contributed by atoms with E-state index in [0.717, 1.165) is 11.3 Å². The van der Waals surface area contributed by atoms with Crippen LogP contribution in [0.2, 0.25) is 0 Å². The standard InChI is InChI=1S/C11H20N4O/c1-6(2)9-7(3)13-10(8(4)16-5)14-11(9)15-12/h6,8H,12H2,1-5H3,(H,13,14,15). The molecule has 5 heteroatoms. The van der Waals surface area contributed by atoms with Crippen molar-refractivity contribution in [2.24, 2.45) is 5.84 Å². The Morgan fingerprint density at radius 2 is 1.88 bits per heavy atom. The summed E-state index contributed by atoms with van der Waals surface area (Å²) in [7, 11) is 1.63. The number of hydrazine groups is 1. The minimum Gasteiger partial charge on any atom is -0.374 e. The molecule has 1 heterocycles. The molecule has 1 atom stereocenters. The van der Waals surface area contributed by atoms with Gasteiger partial charge in [-0.1, -0.05) is 13.8 Å². The van der Waals surface area contributed by atoms with Crippen LogP contribution in [0.4, 0.5) is 5.82 Å². The van der Waals surface area contributed by atoms with E-state index in [1.807, 2.05) is 13.8 Å². The minimum atomic E-state index is -0.132. The summed E-state index contributed by atoms with van der Waals surface area (Å²) in [6, 6.07) is 0. The van der Waals surface area contributed by atoms with Crippen molar-refractivity contribution in [2.45, 2.75) is 39.7 Å². The van der Waals surface area contributed by atoms with E-state index in [-0.39, 0.29) is 6.10 Å². The summed E-state index contributed by atoms with van der Waals surface area (Å²) in [6.45, 7) is 8.05. The first-order chi connectivity index (χ1) is 7.51. The lowest BCUT2D eigenvalue weighted by atomic mass is 10.0. The largest absolute Gasteiger partial charge is 0.374 e. The molecule has 1 aromatic rings. The van der Waals surface area contributed by atoms with Crippen LogP contribution < -0.4 is 11.3 Å². The Bertz CT molecular complexity index is 365. The summed E-state index contributed by atoms with van der Waals surface area (Å²) >= 11 is 0. The predicted octanol–water partition coefficient (Wildman–Crippen LogP) is 1.90. The number of nitrogens with one attached hydrogen (secondary N) is 1. The number of aromatic nitrogens is 2. The molecule has 90 valence electrons. The first kappa shape index (κ1) is 12.9. The molecule has 0 amide bonds. The number of aryl methyl sites for hydroxylation is 1. The van der Waals surface area contributed by atoms with Crippen LogP contribution in [0.15, 0.2) is 0 Å². The number of anilines is 1. The van der Waals surface area contributed by atoms with E-state index in [2.05, 4.69) is 29.2 Å². The van der Waals surface area contributed by atoms with Gasteiger partial charge in [-0.15, -0.1) is 0 Å². The fourth-order valence-corrected chi connectivity index (χ4v) is 1.69. The highest BCUT2D eigenvalue weighted by Gasteiger charge is 2.16. The van der Waals surface area contributed by atoms with Gasteiger partial charge in [0.15, 0.2) is 5.82 Å². The zero-order valence-corrected chi connectivity index (χ0v) is 10.5. The highest BCUT2D eigenvalue weighted by atomic mass is 16.5. The Labute approximate surface area is 96.4 Å². The van der Waals surface area contributed by atoms with Crippen molar-refractivity contribution in [1.29, 1.82) is 0 Å². The van der Waals surface area contributed by atoms with Gasteiger partial charge < -0.3 is 10.2 Å². The molecule has 0 saturated carbocycles. The number of hydrogen-bond donors (Lipinski definition) is 2. The van der Waals surface area contributed by atoms with E-state index in [4.69, 9.17) is 10.6 Å². The highest BCUT2D eigenvalue weighted by molar-refractivity contribution is 5.47. The summed E-state index contributed by atoms with van der Waals surface area (Å²) in [6.07, 6.45) is -0.132. The van der Waals surface area contributed by atoms with Crippen LogP contribution in [0.25, 0.3) is 0 Å². The van der Waals surface area contributed by atoms with Crippen LogP contribution in [0.3, 0.4) is 0 Å². The normalized spacial score (nSPS) is 12.9. The van der Waals surface area contributed by atoms with Crippen LogP contribution in [0.5, 0.6) is 0 Å². The Balaban J connectivity index is 3.26. The van der Waals surface area contributed by atoms with Crippen LogP contribution in [-0.4, -0.2) is 17.1 Å². The van der Waals surface area contributed by atoms with E-state index < -0.39 is 0 Å². The number of ether oxygens (including phenoxy) is 1. The summed E-state index contributed by atoms with van der Waals surface area (Å²) in [5.41, 5.74) is 4.62. The summed E-state index contributed by atoms with van der Waals surface area (Å²) in [5.74, 6) is 7.15. The molecule has 1 rings (SSSR count). The molecule has 0 spiro atoms. The van der Waals surface area contributed by atoms with Crippen molar-refractivity contribution >= 4 is 5.82 Å². The fourth-order valence-electron chi connectivity index (χ4n) is 1.69. The molecule has 3 N–H and O–H groups in total. The van der Waals surface area contributed by atoms with Gasteiger partial charge in [0.05, 0.1) is 0 Å². The molecule has 0 aromatic carbocycles. The van der Waals surface area contributed by atoms with E-state index >= 15 is 0 Å². The lowest BCUT2D eigenvalue weighted by molar-refractivity contribution is 0.112. The quantitative estimate of drug-likeness (QED) is 0.603. The van der Waals surface area contributed by atoms with Crippen LogP contribution >= 0.6 is 0 Å². The van der Waals surface area contributed by atoms with Crippen molar-refractivity contribution in [1.82, 2.24) is 9.97 Å². The van der Waals surface area contributed by atoms with Gasteiger partial charge in [0.2, 0.25) is 0 Å². The maximum Gasteiger partial charge on any atom is 0.159 e. The molecule has 0 bridgehead atoms. The third-order valence-electron chi connectivity index (χ3n) is 2.58. The second-order valence-electron chi connectivity index (χ2n) is 4.11. The Morgan fingerprint density at radius 1 is 1.25 bits per heavy atom.